The van der Waals surface area contributed by atoms with Crippen LogP contribution in [0.4, 0.5) is 0 Å². The second kappa shape index (κ2) is 10.7. The fourth-order valence-electron chi connectivity index (χ4n) is 6.67. The maximum Gasteiger partial charge on any atom is 0.312 e. The van der Waals surface area contributed by atoms with Gasteiger partial charge in [-0.25, -0.2) is 0 Å². The van der Waals surface area contributed by atoms with Crippen molar-refractivity contribution in [3.8, 4) is 0 Å². The number of carbonyl (C=O) groups is 3. The van der Waals surface area contributed by atoms with Crippen LogP contribution in [0.3, 0.4) is 0 Å². The zero-order chi connectivity index (χ0) is 27.0. The van der Waals surface area contributed by atoms with Gasteiger partial charge in [0.05, 0.1) is 30.8 Å². The summed E-state index contributed by atoms with van der Waals surface area (Å²) in [5.74, 6) is -2.83. The lowest BCUT2D eigenvalue weighted by Gasteiger charge is -2.42. The molecular weight excluding hydrogens is 460 g/mol. The van der Waals surface area contributed by atoms with Crippen LogP contribution >= 0.6 is 0 Å². The summed E-state index contributed by atoms with van der Waals surface area (Å²) in [5.41, 5.74) is -2.10. The summed E-state index contributed by atoms with van der Waals surface area (Å²) < 4.78 is 12.3. The largest absolute Gasteiger partial charge is 0.465 e. The molecule has 8 nitrogen and oxygen atoms in total. The highest BCUT2D eigenvalue weighted by atomic mass is 16.6. The molecule has 3 aliphatic rings. The standard InChI is InChI=1S/C28H44N2O6/c1-9-12-14-35-26(34)22-21-24(32)30(20(16-31)18(6)11-3)23(25(33)29(13-10-2)17(4)5)28(21)15-19(7)27(22,8)36-28/h9-10,17-23,31H,1-2,11-16H2,3-8H3/t18-,19?,20-,21-,22-,23?,27+,28?/m0/s1. The summed E-state index contributed by atoms with van der Waals surface area (Å²) in [6.07, 6.45) is 5.04. The zero-order valence-electron chi connectivity index (χ0n) is 22.7. The maximum absolute atomic E-state index is 14.3. The van der Waals surface area contributed by atoms with Crippen LogP contribution in [0.15, 0.2) is 25.3 Å². The molecule has 3 rings (SSSR count). The molecule has 8 atom stereocenters. The number of nitrogens with zero attached hydrogens (tertiary/aromatic N) is 2. The Labute approximate surface area is 215 Å². The van der Waals surface area contributed by atoms with E-state index in [4.69, 9.17) is 9.47 Å². The molecule has 3 fully saturated rings. The number of amides is 2. The number of esters is 1. The third-order valence-corrected chi connectivity index (χ3v) is 8.88. The van der Waals surface area contributed by atoms with Crippen molar-refractivity contribution in [2.24, 2.45) is 23.7 Å². The summed E-state index contributed by atoms with van der Waals surface area (Å²) in [6.45, 7) is 19.4. The lowest BCUT2D eigenvalue weighted by Crippen LogP contribution is -2.60. The highest BCUT2D eigenvalue weighted by Gasteiger charge is 2.81. The van der Waals surface area contributed by atoms with E-state index in [0.717, 1.165) is 6.42 Å². The minimum atomic E-state index is -1.17. The molecule has 3 aliphatic heterocycles. The van der Waals surface area contributed by atoms with Crippen molar-refractivity contribution in [2.45, 2.75) is 90.1 Å². The molecule has 1 N–H and O–H groups in total. The van der Waals surface area contributed by atoms with E-state index in [1.54, 1.807) is 22.0 Å². The number of fused-ring (bicyclic) bond motifs is 1. The zero-order valence-corrected chi connectivity index (χ0v) is 22.7. The van der Waals surface area contributed by atoms with Crippen LogP contribution in [0.2, 0.25) is 0 Å². The van der Waals surface area contributed by atoms with Crippen LogP contribution in [0.1, 0.15) is 60.8 Å². The molecule has 0 radical (unpaired) electrons. The Hall–Kier alpha value is -2.19. The molecule has 8 heteroatoms. The number of likely N-dealkylation sites (tertiary alicyclic amines) is 1. The van der Waals surface area contributed by atoms with Crippen molar-refractivity contribution in [3.05, 3.63) is 25.3 Å². The second-order valence-electron chi connectivity index (χ2n) is 11.2. The number of ether oxygens (including phenoxy) is 2. The van der Waals surface area contributed by atoms with Crippen molar-refractivity contribution < 1.29 is 29.0 Å². The molecule has 3 saturated heterocycles. The van der Waals surface area contributed by atoms with Gasteiger partial charge in [0.2, 0.25) is 11.8 Å². The van der Waals surface area contributed by atoms with Crippen LogP contribution in [-0.4, -0.2) is 81.8 Å². The first-order chi connectivity index (χ1) is 17.0. The average molecular weight is 505 g/mol. The molecular formula is C28H44N2O6. The number of aliphatic hydroxyl groups excluding tert-OH is 1. The van der Waals surface area contributed by atoms with E-state index in [0.29, 0.717) is 19.4 Å². The normalized spacial score (nSPS) is 34.4. The van der Waals surface area contributed by atoms with Crippen LogP contribution in [-0.2, 0) is 23.9 Å². The van der Waals surface area contributed by atoms with Gasteiger partial charge in [0.1, 0.15) is 17.6 Å². The molecule has 3 heterocycles. The van der Waals surface area contributed by atoms with Gasteiger partial charge in [-0.05, 0) is 45.4 Å². The minimum absolute atomic E-state index is 0.0559. The van der Waals surface area contributed by atoms with Crippen molar-refractivity contribution in [1.82, 2.24) is 9.80 Å². The van der Waals surface area contributed by atoms with Gasteiger partial charge in [-0.2, -0.15) is 0 Å². The Kier molecular flexibility index (Phi) is 8.40. The fraction of sp³-hybridized carbons (Fsp3) is 0.750. The molecule has 1 spiro atoms. The number of aliphatic hydroxyl groups is 1. The van der Waals surface area contributed by atoms with Crippen LogP contribution in [0.5, 0.6) is 0 Å². The lowest BCUT2D eigenvalue weighted by molar-refractivity contribution is -0.164. The summed E-state index contributed by atoms with van der Waals surface area (Å²) in [7, 11) is 0. The summed E-state index contributed by atoms with van der Waals surface area (Å²) in [6, 6.07) is -1.65. The molecule has 0 aromatic heterocycles. The van der Waals surface area contributed by atoms with Gasteiger partial charge in [-0.1, -0.05) is 39.3 Å². The van der Waals surface area contributed by atoms with E-state index >= 15 is 0 Å². The predicted molar refractivity (Wildman–Crippen MR) is 137 cm³/mol. The minimum Gasteiger partial charge on any atom is -0.465 e. The monoisotopic (exact) mass is 504 g/mol. The molecule has 2 amide bonds. The SMILES string of the molecule is C=CCCOC(=O)[C@@H]1[C@H]2C(=O)N([C@@H](CO)[C@@H](C)CC)C(C(=O)N(CC=C)C(C)C)C23CC(C)[C@@]1(C)O3. The quantitative estimate of drug-likeness (QED) is 0.249. The highest BCUT2D eigenvalue weighted by molar-refractivity contribution is 5.99. The van der Waals surface area contributed by atoms with Crippen LogP contribution < -0.4 is 0 Å². The Morgan fingerprint density at radius 2 is 1.97 bits per heavy atom. The number of carbonyl (C=O) groups excluding carboxylic acids is 3. The molecule has 0 saturated carbocycles. The Morgan fingerprint density at radius 1 is 1.31 bits per heavy atom. The van der Waals surface area contributed by atoms with E-state index in [1.165, 1.54) is 0 Å². The fourth-order valence-corrected chi connectivity index (χ4v) is 6.67. The Morgan fingerprint density at radius 3 is 2.50 bits per heavy atom. The third kappa shape index (κ3) is 4.20. The summed E-state index contributed by atoms with van der Waals surface area (Å²) in [4.78, 5) is 45.2. The number of hydrogen-bond acceptors (Lipinski definition) is 6. The second-order valence-corrected chi connectivity index (χ2v) is 11.2. The van der Waals surface area contributed by atoms with Gasteiger partial charge in [0.25, 0.3) is 0 Å². The maximum atomic E-state index is 14.3. The van der Waals surface area contributed by atoms with Gasteiger partial charge < -0.3 is 24.4 Å². The summed E-state index contributed by atoms with van der Waals surface area (Å²) in [5, 5.41) is 10.4. The predicted octanol–water partition coefficient (Wildman–Crippen LogP) is 2.95. The van der Waals surface area contributed by atoms with Crippen LogP contribution in [0.25, 0.3) is 0 Å². The van der Waals surface area contributed by atoms with Gasteiger partial charge in [0.15, 0.2) is 0 Å². The van der Waals surface area contributed by atoms with E-state index in [9.17, 15) is 19.5 Å². The highest BCUT2D eigenvalue weighted by Crippen LogP contribution is 2.65. The van der Waals surface area contributed by atoms with Gasteiger partial charge in [-0.15, -0.1) is 13.2 Å². The number of hydrogen-bond donors (Lipinski definition) is 1. The van der Waals surface area contributed by atoms with E-state index < -0.39 is 41.1 Å². The van der Waals surface area contributed by atoms with Crippen molar-refractivity contribution in [3.63, 3.8) is 0 Å². The third-order valence-electron chi connectivity index (χ3n) is 8.88. The average Bonchev–Trinajstić information content (AvgIpc) is 3.34. The summed E-state index contributed by atoms with van der Waals surface area (Å²) >= 11 is 0. The first kappa shape index (κ1) is 28.4. The van der Waals surface area contributed by atoms with Crippen LogP contribution in [0, 0.1) is 23.7 Å². The smallest absolute Gasteiger partial charge is 0.312 e. The van der Waals surface area contributed by atoms with Gasteiger partial charge in [-0.3, -0.25) is 14.4 Å². The van der Waals surface area contributed by atoms with Crippen molar-refractivity contribution in [2.75, 3.05) is 19.8 Å². The molecule has 36 heavy (non-hydrogen) atoms. The topological polar surface area (TPSA) is 96.4 Å². The first-order valence-corrected chi connectivity index (χ1v) is 13.3. The Balaban J connectivity index is 2.17. The lowest BCUT2D eigenvalue weighted by atomic mass is 9.62. The van der Waals surface area contributed by atoms with Crippen molar-refractivity contribution in [1.29, 1.82) is 0 Å². The van der Waals surface area contributed by atoms with E-state index in [1.807, 2.05) is 41.5 Å². The van der Waals surface area contributed by atoms with Crippen molar-refractivity contribution >= 4 is 17.8 Å². The number of rotatable bonds is 12. The van der Waals surface area contributed by atoms with Gasteiger partial charge in [0, 0.05) is 12.6 Å². The molecule has 0 aromatic carbocycles. The molecule has 0 aliphatic carbocycles. The Bertz CT molecular complexity index is 889. The molecule has 3 unspecified atom stereocenters. The van der Waals surface area contributed by atoms with Gasteiger partial charge >= 0.3 is 5.97 Å². The van der Waals surface area contributed by atoms with E-state index in [2.05, 4.69) is 13.2 Å². The molecule has 2 bridgehead atoms. The molecule has 202 valence electrons. The van der Waals surface area contributed by atoms with E-state index in [-0.39, 0.29) is 42.9 Å². The molecule has 0 aromatic rings. The first-order valence-electron chi connectivity index (χ1n) is 13.3.